The molecule has 1 aliphatic heterocycles. The Hall–Kier alpha value is -2.49. The molecule has 1 aliphatic rings. The molecule has 0 radical (unpaired) electrons. The molecule has 0 spiro atoms. The topological polar surface area (TPSA) is 95.2 Å². The van der Waals surface area contributed by atoms with Gasteiger partial charge in [0.1, 0.15) is 0 Å². The van der Waals surface area contributed by atoms with E-state index < -0.39 is 15.9 Å². The molecule has 7 nitrogen and oxygen atoms in total. The number of H-pyrrole nitrogens is 1. The van der Waals surface area contributed by atoms with Gasteiger partial charge in [0.05, 0.1) is 15.5 Å². The third-order valence-electron chi connectivity index (χ3n) is 4.99. The highest BCUT2D eigenvalue weighted by Crippen LogP contribution is 2.26. The molecule has 1 saturated heterocycles. The number of carbonyl (C=O) groups excluding carboxylic acids is 1. The van der Waals surface area contributed by atoms with Crippen LogP contribution in [0.25, 0.3) is 10.6 Å². The van der Waals surface area contributed by atoms with Crippen LogP contribution in [0.15, 0.2) is 46.7 Å². The van der Waals surface area contributed by atoms with E-state index in [1.165, 1.54) is 10.4 Å². The lowest BCUT2D eigenvalue weighted by Gasteiger charge is -2.26. The van der Waals surface area contributed by atoms with Crippen molar-refractivity contribution >= 4 is 33.1 Å². The molecule has 0 atom stereocenters. The molecule has 1 amide bonds. The molecule has 1 fully saturated rings. The Labute approximate surface area is 173 Å². The molecule has 0 bridgehead atoms. The summed E-state index contributed by atoms with van der Waals surface area (Å²) in [5.74, 6) is -0.0104. The van der Waals surface area contributed by atoms with Crippen molar-refractivity contribution in [3.63, 3.8) is 0 Å². The fourth-order valence-electron chi connectivity index (χ4n) is 3.40. The van der Waals surface area contributed by atoms with Crippen molar-refractivity contribution in [2.24, 2.45) is 0 Å². The van der Waals surface area contributed by atoms with Crippen LogP contribution in [0.2, 0.25) is 0 Å². The minimum atomic E-state index is -3.61. The lowest BCUT2D eigenvalue weighted by atomic mass is 10.1. The summed E-state index contributed by atoms with van der Waals surface area (Å²) in [5, 5.41) is 11.7. The second kappa shape index (κ2) is 8.10. The second-order valence-electron chi connectivity index (χ2n) is 7.04. The summed E-state index contributed by atoms with van der Waals surface area (Å²) in [6.45, 7) is 2.80. The predicted octanol–water partition coefficient (Wildman–Crippen LogP) is 3.87. The number of thiophene rings is 1. The van der Waals surface area contributed by atoms with E-state index in [0.717, 1.165) is 29.8 Å². The Morgan fingerprint density at radius 3 is 2.69 bits per heavy atom. The molecule has 1 aromatic carbocycles. The Bertz CT molecular complexity index is 1110. The molecule has 0 aliphatic carbocycles. The van der Waals surface area contributed by atoms with Gasteiger partial charge in [-0.25, -0.2) is 8.42 Å². The number of aryl methyl sites for hydroxylation is 1. The molecule has 29 heavy (non-hydrogen) atoms. The number of nitrogens with zero attached hydrogens (tertiary/aromatic N) is 2. The maximum Gasteiger partial charge on any atom is 0.256 e. The number of nitrogens with one attached hydrogen (secondary N) is 2. The minimum Gasteiger partial charge on any atom is -0.305 e. The number of aromatic amines is 1. The molecule has 0 unspecified atom stereocenters. The van der Waals surface area contributed by atoms with E-state index in [4.69, 9.17) is 0 Å². The quantitative estimate of drug-likeness (QED) is 0.642. The number of benzene rings is 1. The molecular weight excluding hydrogens is 408 g/mol. The fourth-order valence-corrected chi connectivity index (χ4v) is 5.86. The van der Waals surface area contributed by atoms with Crippen LogP contribution in [0.1, 0.15) is 35.2 Å². The number of amides is 1. The standard InChI is InChI=1S/C20H22N4O3S2/c1-14-7-8-15(12-18(14)29(26,27)24-9-3-2-4-10-24)20(25)21-19-13-16(22-23-19)17-6-5-11-28-17/h5-8,11-13H,2-4,9-10H2,1H3,(H2,21,22,23,25). The van der Waals surface area contributed by atoms with Gasteiger partial charge in [-0.05, 0) is 48.9 Å². The van der Waals surface area contributed by atoms with Crippen molar-refractivity contribution in [3.05, 3.63) is 52.9 Å². The number of piperidine rings is 1. The largest absolute Gasteiger partial charge is 0.305 e. The van der Waals surface area contributed by atoms with Crippen LogP contribution < -0.4 is 5.32 Å². The van der Waals surface area contributed by atoms with Crippen molar-refractivity contribution < 1.29 is 13.2 Å². The van der Waals surface area contributed by atoms with Gasteiger partial charge in [-0.15, -0.1) is 11.3 Å². The normalized spacial score (nSPS) is 15.3. The summed E-state index contributed by atoms with van der Waals surface area (Å²) < 4.78 is 27.6. The third-order valence-corrected chi connectivity index (χ3v) is 7.93. The van der Waals surface area contributed by atoms with Crippen LogP contribution in [0, 0.1) is 6.92 Å². The van der Waals surface area contributed by atoms with Crippen LogP contribution in [0.3, 0.4) is 0 Å². The third kappa shape index (κ3) is 4.12. The molecule has 3 aromatic rings. The summed E-state index contributed by atoms with van der Waals surface area (Å²) in [7, 11) is -3.61. The van der Waals surface area contributed by atoms with Crippen molar-refractivity contribution in [1.29, 1.82) is 0 Å². The lowest BCUT2D eigenvalue weighted by molar-refractivity contribution is 0.102. The van der Waals surface area contributed by atoms with Gasteiger partial charge in [-0.1, -0.05) is 18.6 Å². The monoisotopic (exact) mass is 430 g/mol. The van der Waals surface area contributed by atoms with Crippen molar-refractivity contribution in [2.75, 3.05) is 18.4 Å². The van der Waals surface area contributed by atoms with Crippen LogP contribution in [-0.2, 0) is 10.0 Å². The molecule has 2 N–H and O–H groups in total. The zero-order chi connectivity index (χ0) is 20.4. The average molecular weight is 431 g/mol. The first kappa shape index (κ1) is 19.8. The second-order valence-corrected chi connectivity index (χ2v) is 9.90. The SMILES string of the molecule is Cc1ccc(C(=O)Nc2cc(-c3cccs3)[nH]n2)cc1S(=O)(=O)N1CCCCC1. The maximum absolute atomic E-state index is 13.1. The highest BCUT2D eigenvalue weighted by molar-refractivity contribution is 7.89. The zero-order valence-corrected chi connectivity index (χ0v) is 17.6. The number of hydrogen-bond acceptors (Lipinski definition) is 5. The predicted molar refractivity (Wildman–Crippen MR) is 114 cm³/mol. The van der Waals surface area contributed by atoms with Gasteiger partial charge in [0, 0.05) is 24.7 Å². The minimum absolute atomic E-state index is 0.188. The molecule has 3 heterocycles. The van der Waals surface area contributed by atoms with Gasteiger partial charge in [-0.3, -0.25) is 9.89 Å². The highest BCUT2D eigenvalue weighted by Gasteiger charge is 2.28. The van der Waals surface area contributed by atoms with E-state index in [2.05, 4.69) is 15.5 Å². The van der Waals surface area contributed by atoms with Crippen molar-refractivity contribution in [2.45, 2.75) is 31.1 Å². The summed E-state index contributed by atoms with van der Waals surface area (Å²) in [4.78, 5) is 13.9. The first-order valence-corrected chi connectivity index (χ1v) is 11.8. The Kier molecular flexibility index (Phi) is 5.53. The summed E-state index contributed by atoms with van der Waals surface area (Å²) >= 11 is 1.57. The van der Waals surface area contributed by atoms with Gasteiger partial charge in [-0.2, -0.15) is 9.40 Å². The zero-order valence-electron chi connectivity index (χ0n) is 16.0. The van der Waals surface area contributed by atoms with Gasteiger partial charge in [0.15, 0.2) is 5.82 Å². The Morgan fingerprint density at radius 2 is 1.97 bits per heavy atom. The van der Waals surface area contributed by atoms with E-state index in [1.54, 1.807) is 36.5 Å². The molecule has 9 heteroatoms. The fraction of sp³-hybridized carbons (Fsp3) is 0.300. The number of hydrogen-bond donors (Lipinski definition) is 2. The van der Waals surface area contributed by atoms with E-state index in [9.17, 15) is 13.2 Å². The highest BCUT2D eigenvalue weighted by atomic mass is 32.2. The molecule has 152 valence electrons. The summed E-state index contributed by atoms with van der Waals surface area (Å²) in [5.41, 5.74) is 1.73. The lowest BCUT2D eigenvalue weighted by Crippen LogP contribution is -2.36. The van der Waals surface area contributed by atoms with E-state index in [-0.39, 0.29) is 10.5 Å². The molecule has 0 saturated carbocycles. The number of sulfonamides is 1. The number of carbonyl (C=O) groups is 1. The van der Waals surface area contributed by atoms with Gasteiger partial charge >= 0.3 is 0 Å². The first-order valence-electron chi connectivity index (χ1n) is 9.46. The number of aromatic nitrogens is 2. The first-order chi connectivity index (χ1) is 13.9. The number of anilines is 1. The van der Waals surface area contributed by atoms with Crippen LogP contribution >= 0.6 is 11.3 Å². The van der Waals surface area contributed by atoms with E-state index in [0.29, 0.717) is 24.5 Å². The summed E-state index contributed by atoms with van der Waals surface area (Å²) in [6, 6.07) is 10.4. The Morgan fingerprint density at radius 1 is 1.17 bits per heavy atom. The molecule has 2 aromatic heterocycles. The van der Waals surface area contributed by atoms with Crippen LogP contribution in [-0.4, -0.2) is 41.9 Å². The number of rotatable bonds is 5. The van der Waals surface area contributed by atoms with Gasteiger partial charge < -0.3 is 5.32 Å². The Balaban J connectivity index is 1.56. The van der Waals surface area contributed by atoms with Gasteiger partial charge in [0.2, 0.25) is 10.0 Å². The van der Waals surface area contributed by atoms with Crippen LogP contribution in [0.5, 0.6) is 0 Å². The smallest absolute Gasteiger partial charge is 0.256 e. The van der Waals surface area contributed by atoms with E-state index in [1.807, 2.05) is 17.5 Å². The van der Waals surface area contributed by atoms with E-state index >= 15 is 0 Å². The molecule has 4 rings (SSSR count). The van der Waals surface area contributed by atoms with Crippen molar-refractivity contribution in [1.82, 2.24) is 14.5 Å². The maximum atomic E-state index is 13.1. The molecular formula is C20H22N4O3S2. The van der Waals surface area contributed by atoms with Crippen molar-refractivity contribution in [3.8, 4) is 10.6 Å². The summed E-state index contributed by atoms with van der Waals surface area (Å²) in [6.07, 6.45) is 2.78. The average Bonchev–Trinajstić information content (AvgIpc) is 3.40. The van der Waals surface area contributed by atoms with Gasteiger partial charge in [0.25, 0.3) is 5.91 Å². The van der Waals surface area contributed by atoms with Crippen LogP contribution in [0.4, 0.5) is 5.82 Å².